The number of hydrogen-bond acceptors (Lipinski definition) is 5. The van der Waals surface area contributed by atoms with E-state index in [4.69, 9.17) is 16.3 Å². The summed E-state index contributed by atoms with van der Waals surface area (Å²) in [6.07, 6.45) is 4.57. The van der Waals surface area contributed by atoms with Crippen molar-refractivity contribution in [1.82, 2.24) is 14.9 Å². The van der Waals surface area contributed by atoms with Crippen molar-refractivity contribution in [2.75, 3.05) is 37.4 Å². The molecule has 1 atom stereocenters. The van der Waals surface area contributed by atoms with Crippen LogP contribution in [-0.4, -0.2) is 48.1 Å². The fraction of sp³-hybridized carbons (Fsp3) is 0.320. The number of rotatable bonds is 7. The van der Waals surface area contributed by atoms with E-state index in [2.05, 4.69) is 20.2 Å². The predicted molar refractivity (Wildman–Crippen MR) is 131 cm³/mol. The summed E-state index contributed by atoms with van der Waals surface area (Å²) in [5, 5.41) is 3.52. The highest BCUT2D eigenvalue weighted by atomic mass is 35.5. The van der Waals surface area contributed by atoms with Gasteiger partial charge >= 0.3 is 12.0 Å². The molecular weight excluding hydrogens is 438 g/mol. The van der Waals surface area contributed by atoms with Crippen LogP contribution in [0.3, 0.4) is 0 Å². The van der Waals surface area contributed by atoms with Crippen LogP contribution in [0, 0.1) is 6.92 Å². The number of hydrogen-bond donors (Lipinski definition) is 1. The molecule has 8 heteroatoms. The smallest absolute Gasteiger partial charge is 0.326 e. The molecule has 2 heterocycles. The molecule has 1 N–H and O–H groups in total. The van der Waals surface area contributed by atoms with Crippen molar-refractivity contribution in [3.8, 4) is 6.01 Å². The minimum atomic E-state index is -0.237. The molecule has 7 nitrogen and oxygen atoms in total. The summed E-state index contributed by atoms with van der Waals surface area (Å²) < 4.78 is 6.09. The summed E-state index contributed by atoms with van der Waals surface area (Å²) in [6.45, 7) is 3.44. The molecule has 2 amide bonds. The van der Waals surface area contributed by atoms with Crippen molar-refractivity contribution in [1.29, 1.82) is 0 Å². The molecule has 1 aromatic heterocycles. The summed E-state index contributed by atoms with van der Waals surface area (Å²) in [7, 11) is 4.06. The van der Waals surface area contributed by atoms with Crippen LogP contribution >= 0.6 is 11.6 Å². The number of aryl methyl sites for hydroxylation is 1. The Hall–Kier alpha value is -3.16. The Labute approximate surface area is 199 Å². The molecule has 2 aromatic carbocycles. The Bertz CT molecular complexity index is 1110. The van der Waals surface area contributed by atoms with Crippen LogP contribution in [0.2, 0.25) is 5.02 Å². The number of nitrogens with zero attached hydrogens (tertiary/aromatic N) is 4. The van der Waals surface area contributed by atoms with Gasteiger partial charge in [-0.2, -0.15) is 0 Å². The maximum atomic E-state index is 12.9. The number of fused-ring (bicyclic) bond motifs is 1. The average Bonchev–Trinajstić information content (AvgIpc) is 3.21. The summed E-state index contributed by atoms with van der Waals surface area (Å²) >= 11 is 6.27. The van der Waals surface area contributed by atoms with E-state index in [1.807, 2.05) is 63.5 Å². The average molecular weight is 466 g/mol. The van der Waals surface area contributed by atoms with E-state index in [0.29, 0.717) is 17.3 Å². The van der Waals surface area contributed by atoms with Crippen molar-refractivity contribution in [2.45, 2.75) is 25.9 Å². The van der Waals surface area contributed by atoms with E-state index in [1.165, 1.54) is 0 Å². The lowest BCUT2D eigenvalue weighted by molar-refractivity contribution is 0.165. The molecule has 0 bridgehead atoms. The molecule has 4 rings (SSSR count). The highest BCUT2D eigenvalue weighted by Crippen LogP contribution is 2.33. The summed E-state index contributed by atoms with van der Waals surface area (Å²) in [4.78, 5) is 25.3. The molecule has 0 saturated heterocycles. The van der Waals surface area contributed by atoms with E-state index in [9.17, 15) is 4.79 Å². The molecule has 1 unspecified atom stereocenters. The second kappa shape index (κ2) is 10.2. The Kier molecular flexibility index (Phi) is 7.11. The quantitative estimate of drug-likeness (QED) is 0.525. The number of urea groups is 1. The minimum Gasteiger partial charge on any atom is -0.455 e. The second-order valence-electron chi connectivity index (χ2n) is 8.43. The Morgan fingerprint density at radius 3 is 2.64 bits per heavy atom. The van der Waals surface area contributed by atoms with E-state index >= 15 is 0 Å². The van der Waals surface area contributed by atoms with E-state index < -0.39 is 0 Å². The minimum absolute atomic E-state index is 0.164. The van der Waals surface area contributed by atoms with Gasteiger partial charge in [0, 0.05) is 24.5 Å². The van der Waals surface area contributed by atoms with Gasteiger partial charge in [-0.15, -0.1) is 0 Å². The summed E-state index contributed by atoms with van der Waals surface area (Å²) in [6, 6.07) is 14.0. The number of carbonyl (C=O) groups is 1. The molecule has 1 aliphatic rings. The van der Waals surface area contributed by atoms with Crippen molar-refractivity contribution in [3.63, 3.8) is 0 Å². The number of amides is 2. The van der Waals surface area contributed by atoms with Crippen LogP contribution in [0.15, 0.2) is 54.9 Å². The first-order valence-electron chi connectivity index (χ1n) is 11.0. The maximum absolute atomic E-state index is 12.9. The standard InChI is InChI=1S/C25H28ClN5O2/c1-17-13-19-9-12-31(22(19)14-21(17)26)25(32)29-20-15-27-24(28-16-20)33-23(10-11-30(2)3)18-7-5-4-6-8-18/h4-8,13-16,23H,9-12H2,1-3H3,(H,29,32). The summed E-state index contributed by atoms with van der Waals surface area (Å²) in [5.74, 6) is 0. The lowest BCUT2D eigenvalue weighted by atomic mass is 10.1. The number of ether oxygens (including phenoxy) is 1. The maximum Gasteiger partial charge on any atom is 0.326 e. The van der Waals surface area contributed by atoms with Gasteiger partial charge in [0.05, 0.1) is 23.8 Å². The number of halogens is 1. The van der Waals surface area contributed by atoms with E-state index in [1.54, 1.807) is 17.3 Å². The van der Waals surface area contributed by atoms with Crippen LogP contribution < -0.4 is 15.0 Å². The summed E-state index contributed by atoms with van der Waals surface area (Å²) in [5.41, 5.74) is 4.55. The van der Waals surface area contributed by atoms with Gasteiger partial charge in [-0.25, -0.2) is 14.8 Å². The number of aromatic nitrogens is 2. The van der Waals surface area contributed by atoms with Crippen molar-refractivity contribution < 1.29 is 9.53 Å². The van der Waals surface area contributed by atoms with Crippen LogP contribution in [0.5, 0.6) is 6.01 Å². The fourth-order valence-electron chi connectivity index (χ4n) is 3.84. The van der Waals surface area contributed by atoms with Gasteiger partial charge in [-0.1, -0.05) is 48.0 Å². The number of anilines is 2. The lowest BCUT2D eigenvalue weighted by Crippen LogP contribution is -2.33. The highest BCUT2D eigenvalue weighted by molar-refractivity contribution is 6.31. The molecular formula is C25H28ClN5O2. The van der Waals surface area contributed by atoms with Gasteiger partial charge in [-0.05, 0) is 50.2 Å². The molecule has 0 radical (unpaired) electrons. The molecule has 0 saturated carbocycles. The van der Waals surface area contributed by atoms with Crippen LogP contribution in [0.4, 0.5) is 16.2 Å². The Balaban J connectivity index is 1.42. The molecule has 172 valence electrons. The Morgan fingerprint density at radius 1 is 1.21 bits per heavy atom. The zero-order chi connectivity index (χ0) is 23.4. The van der Waals surface area contributed by atoms with Gasteiger partial charge in [0.2, 0.25) is 0 Å². The van der Waals surface area contributed by atoms with E-state index in [-0.39, 0.29) is 18.1 Å². The number of nitrogens with one attached hydrogen (secondary N) is 1. The van der Waals surface area contributed by atoms with Crippen LogP contribution in [-0.2, 0) is 6.42 Å². The monoisotopic (exact) mass is 465 g/mol. The predicted octanol–water partition coefficient (Wildman–Crippen LogP) is 5.10. The molecule has 33 heavy (non-hydrogen) atoms. The topological polar surface area (TPSA) is 70.6 Å². The van der Waals surface area contributed by atoms with Gasteiger partial charge in [0.15, 0.2) is 0 Å². The molecule has 3 aromatic rings. The third-order valence-corrected chi connectivity index (χ3v) is 6.04. The van der Waals surface area contributed by atoms with Gasteiger partial charge in [0.1, 0.15) is 6.10 Å². The van der Waals surface area contributed by atoms with E-state index in [0.717, 1.165) is 41.8 Å². The lowest BCUT2D eigenvalue weighted by Gasteiger charge is -2.21. The zero-order valence-corrected chi connectivity index (χ0v) is 19.8. The Morgan fingerprint density at radius 2 is 1.94 bits per heavy atom. The molecule has 1 aliphatic heterocycles. The first-order chi connectivity index (χ1) is 15.9. The van der Waals surface area contributed by atoms with Crippen LogP contribution in [0.1, 0.15) is 29.2 Å². The van der Waals surface area contributed by atoms with Gasteiger partial charge in [0.25, 0.3) is 0 Å². The molecule has 0 aliphatic carbocycles. The van der Waals surface area contributed by atoms with Gasteiger partial charge in [-0.3, -0.25) is 4.90 Å². The normalized spacial score (nSPS) is 13.7. The molecule has 0 spiro atoms. The third kappa shape index (κ3) is 5.61. The first-order valence-corrected chi connectivity index (χ1v) is 11.3. The fourth-order valence-corrected chi connectivity index (χ4v) is 4.00. The highest BCUT2D eigenvalue weighted by Gasteiger charge is 2.26. The SMILES string of the molecule is Cc1cc2c(cc1Cl)N(C(=O)Nc1cnc(OC(CCN(C)C)c3ccccc3)nc1)CC2. The number of benzene rings is 2. The first kappa shape index (κ1) is 23.0. The largest absolute Gasteiger partial charge is 0.455 e. The number of carbonyl (C=O) groups excluding carboxylic acids is 1. The second-order valence-corrected chi connectivity index (χ2v) is 8.83. The molecule has 0 fully saturated rings. The third-order valence-electron chi connectivity index (χ3n) is 5.64. The van der Waals surface area contributed by atoms with Crippen LogP contribution in [0.25, 0.3) is 0 Å². The van der Waals surface area contributed by atoms with Crippen molar-refractivity contribution >= 4 is 29.0 Å². The van der Waals surface area contributed by atoms with Crippen molar-refractivity contribution in [2.24, 2.45) is 0 Å². The zero-order valence-electron chi connectivity index (χ0n) is 19.1. The van der Waals surface area contributed by atoms with Gasteiger partial charge < -0.3 is 15.0 Å². The van der Waals surface area contributed by atoms with Crippen molar-refractivity contribution in [3.05, 3.63) is 76.6 Å².